The van der Waals surface area contributed by atoms with Crippen LogP contribution in [0.4, 0.5) is 0 Å². The molecule has 1 aliphatic carbocycles. The topological polar surface area (TPSA) is 51.2 Å². The molecule has 0 radical (unpaired) electrons. The fourth-order valence-corrected chi connectivity index (χ4v) is 3.44. The number of hydrogen-bond donors (Lipinski definition) is 0. The van der Waals surface area contributed by atoms with Gasteiger partial charge in [0.1, 0.15) is 5.92 Å². The van der Waals surface area contributed by atoms with Gasteiger partial charge in [0.2, 0.25) is 0 Å². The van der Waals surface area contributed by atoms with E-state index in [-0.39, 0.29) is 42.5 Å². The van der Waals surface area contributed by atoms with Crippen molar-refractivity contribution < 1.29 is 14.4 Å². The summed E-state index contributed by atoms with van der Waals surface area (Å²) in [6.07, 6.45) is 0.559. The Labute approximate surface area is 152 Å². The molecule has 0 amide bonds. The van der Waals surface area contributed by atoms with E-state index in [2.05, 4.69) is 0 Å². The maximum atomic E-state index is 12.5. The monoisotopic (exact) mass is 354 g/mol. The lowest BCUT2D eigenvalue weighted by molar-refractivity contribution is -0.142. The van der Waals surface area contributed by atoms with Crippen LogP contribution >= 0.6 is 11.6 Å². The Bertz CT molecular complexity index is 788. The largest absolute Gasteiger partial charge is 0.298 e. The Balaban J connectivity index is 1.71. The zero-order valence-electron chi connectivity index (χ0n) is 14.0. The summed E-state index contributed by atoms with van der Waals surface area (Å²) in [6, 6.07) is 14.7. The van der Waals surface area contributed by atoms with E-state index in [0.717, 1.165) is 16.7 Å². The van der Waals surface area contributed by atoms with Crippen LogP contribution in [-0.4, -0.2) is 17.3 Å². The van der Waals surface area contributed by atoms with Crippen LogP contribution in [0.2, 0.25) is 5.02 Å². The third kappa shape index (κ3) is 4.05. The Morgan fingerprint density at radius 1 is 0.960 bits per heavy atom. The summed E-state index contributed by atoms with van der Waals surface area (Å²) in [7, 11) is 0. The van der Waals surface area contributed by atoms with Crippen molar-refractivity contribution >= 4 is 29.0 Å². The first-order valence-electron chi connectivity index (χ1n) is 8.33. The Kier molecular flexibility index (Phi) is 5.14. The van der Waals surface area contributed by atoms with Crippen molar-refractivity contribution in [3.05, 3.63) is 70.2 Å². The van der Waals surface area contributed by atoms with Gasteiger partial charge < -0.3 is 0 Å². The molecule has 2 aromatic rings. The number of aryl methyl sites for hydroxylation is 1. The lowest BCUT2D eigenvalue weighted by Gasteiger charge is -2.26. The molecule has 3 rings (SSSR count). The van der Waals surface area contributed by atoms with Crippen molar-refractivity contribution in [3.8, 4) is 0 Å². The minimum Gasteiger partial charge on any atom is -0.298 e. The van der Waals surface area contributed by atoms with Gasteiger partial charge in [0, 0.05) is 24.3 Å². The van der Waals surface area contributed by atoms with Gasteiger partial charge in [-0.15, -0.1) is 0 Å². The van der Waals surface area contributed by atoms with E-state index in [4.69, 9.17) is 11.6 Å². The van der Waals surface area contributed by atoms with Crippen LogP contribution < -0.4 is 0 Å². The number of ketones is 3. The van der Waals surface area contributed by atoms with Crippen LogP contribution in [0.15, 0.2) is 48.5 Å². The molecule has 0 bridgehead atoms. The molecule has 0 saturated heterocycles. The van der Waals surface area contributed by atoms with Crippen LogP contribution in [0.3, 0.4) is 0 Å². The second-order valence-electron chi connectivity index (χ2n) is 6.65. The lowest BCUT2D eigenvalue weighted by Crippen LogP contribution is -2.38. The molecule has 0 unspecified atom stereocenters. The second-order valence-corrected chi connectivity index (χ2v) is 7.09. The predicted octanol–water partition coefficient (Wildman–Crippen LogP) is 4.09. The van der Waals surface area contributed by atoms with Crippen LogP contribution in [-0.2, 0) is 20.8 Å². The van der Waals surface area contributed by atoms with Gasteiger partial charge in [-0.05, 0) is 36.1 Å². The number of Topliss-reactive ketones (excluding diaryl/α,β-unsaturated/α-hetero) is 3. The molecule has 4 heteroatoms. The zero-order chi connectivity index (χ0) is 18.0. The standard InChI is InChI=1S/C21H19ClO3/c1-13-2-4-14(5-3-13)10-18(23)21-19(24)11-16(12-20(21)25)15-6-8-17(22)9-7-15/h2-9,16,21H,10-12H2,1H3. The number of benzene rings is 2. The van der Waals surface area contributed by atoms with E-state index >= 15 is 0 Å². The van der Waals surface area contributed by atoms with Crippen molar-refractivity contribution in [2.45, 2.75) is 32.1 Å². The highest BCUT2D eigenvalue weighted by Gasteiger charge is 2.40. The fraction of sp³-hybridized carbons (Fsp3) is 0.286. The molecule has 0 atom stereocenters. The zero-order valence-corrected chi connectivity index (χ0v) is 14.8. The van der Waals surface area contributed by atoms with Gasteiger partial charge in [-0.25, -0.2) is 0 Å². The van der Waals surface area contributed by atoms with Crippen molar-refractivity contribution in [2.24, 2.45) is 5.92 Å². The lowest BCUT2D eigenvalue weighted by atomic mass is 9.74. The summed E-state index contributed by atoms with van der Waals surface area (Å²) >= 11 is 5.88. The number of carbonyl (C=O) groups excluding carboxylic acids is 3. The molecular formula is C21H19ClO3. The number of halogens is 1. The first-order valence-corrected chi connectivity index (χ1v) is 8.71. The first-order chi connectivity index (χ1) is 11.9. The smallest absolute Gasteiger partial charge is 0.155 e. The Morgan fingerprint density at radius 2 is 1.52 bits per heavy atom. The molecular weight excluding hydrogens is 336 g/mol. The molecule has 2 aromatic carbocycles. The third-order valence-electron chi connectivity index (χ3n) is 4.70. The summed E-state index contributed by atoms with van der Waals surface area (Å²) in [5, 5.41) is 0.614. The maximum absolute atomic E-state index is 12.5. The van der Waals surface area contributed by atoms with Crippen LogP contribution in [0.1, 0.15) is 35.4 Å². The highest BCUT2D eigenvalue weighted by molar-refractivity contribution is 6.30. The molecule has 0 aliphatic heterocycles. The summed E-state index contributed by atoms with van der Waals surface area (Å²) in [4.78, 5) is 37.4. The number of rotatable bonds is 4. The van der Waals surface area contributed by atoms with Gasteiger partial charge >= 0.3 is 0 Å². The predicted molar refractivity (Wildman–Crippen MR) is 96.8 cm³/mol. The minimum atomic E-state index is -1.11. The normalized spacial score (nSPS) is 20.6. The Morgan fingerprint density at radius 3 is 2.08 bits per heavy atom. The van der Waals surface area contributed by atoms with E-state index in [0.29, 0.717) is 5.02 Å². The van der Waals surface area contributed by atoms with Gasteiger partial charge in [-0.3, -0.25) is 14.4 Å². The SMILES string of the molecule is Cc1ccc(CC(=O)C2C(=O)CC(c3ccc(Cl)cc3)CC2=O)cc1. The van der Waals surface area contributed by atoms with Crippen molar-refractivity contribution in [2.75, 3.05) is 0 Å². The van der Waals surface area contributed by atoms with Gasteiger partial charge in [-0.2, -0.15) is 0 Å². The molecule has 1 saturated carbocycles. The van der Waals surface area contributed by atoms with Gasteiger partial charge in [0.15, 0.2) is 17.3 Å². The van der Waals surface area contributed by atoms with Crippen LogP contribution in [0.25, 0.3) is 0 Å². The second kappa shape index (κ2) is 7.32. The average Bonchev–Trinajstić information content (AvgIpc) is 2.57. The summed E-state index contributed by atoms with van der Waals surface area (Å²) in [5.41, 5.74) is 2.85. The molecule has 1 fully saturated rings. The van der Waals surface area contributed by atoms with Gasteiger partial charge in [0.05, 0.1) is 0 Å². The van der Waals surface area contributed by atoms with Crippen molar-refractivity contribution in [1.29, 1.82) is 0 Å². The van der Waals surface area contributed by atoms with Crippen LogP contribution in [0, 0.1) is 12.8 Å². The average molecular weight is 355 g/mol. The fourth-order valence-electron chi connectivity index (χ4n) is 3.31. The molecule has 1 aliphatic rings. The van der Waals surface area contributed by atoms with E-state index in [1.165, 1.54) is 0 Å². The highest BCUT2D eigenvalue weighted by atomic mass is 35.5. The Hall–Kier alpha value is -2.26. The van der Waals surface area contributed by atoms with Crippen LogP contribution in [0.5, 0.6) is 0 Å². The summed E-state index contributed by atoms with van der Waals surface area (Å²) < 4.78 is 0. The minimum absolute atomic E-state index is 0.119. The maximum Gasteiger partial charge on any atom is 0.155 e. The number of carbonyl (C=O) groups is 3. The highest BCUT2D eigenvalue weighted by Crippen LogP contribution is 2.33. The van der Waals surface area contributed by atoms with E-state index < -0.39 is 5.92 Å². The van der Waals surface area contributed by atoms with E-state index in [1.807, 2.05) is 43.3 Å². The quantitative estimate of drug-likeness (QED) is 0.777. The molecule has 25 heavy (non-hydrogen) atoms. The van der Waals surface area contributed by atoms with Crippen molar-refractivity contribution in [1.82, 2.24) is 0 Å². The van der Waals surface area contributed by atoms with Gasteiger partial charge in [0.25, 0.3) is 0 Å². The molecule has 3 nitrogen and oxygen atoms in total. The third-order valence-corrected chi connectivity index (χ3v) is 4.95. The number of hydrogen-bond acceptors (Lipinski definition) is 3. The molecule has 128 valence electrons. The van der Waals surface area contributed by atoms with Gasteiger partial charge in [-0.1, -0.05) is 53.6 Å². The molecule has 0 spiro atoms. The molecule has 0 N–H and O–H groups in total. The van der Waals surface area contributed by atoms with E-state index in [9.17, 15) is 14.4 Å². The summed E-state index contributed by atoms with van der Waals surface area (Å²) in [6.45, 7) is 1.97. The van der Waals surface area contributed by atoms with Crippen molar-refractivity contribution in [3.63, 3.8) is 0 Å². The molecule has 0 heterocycles. The molecule has 0 aromatic heterocycles. The van der Waals surface area contributed by atoms with E-state index in [1.54, 1.807) is 12.1 Å². The first kappa shape index (κ1) is 17.6. The summed E-state index contributed by atoms with van der Waals surface area (Å²) in [5.74, 6) is -2.11.